The average molecular weight is 477 g/mol. The van der Waals surface area contributed by atoms with E-state index in [2.05, 4.69) is 12.7 Å². The van der Waals surface area contributed by atoms with Crippen LogP contribution in [0.3, 0.4) is 0 Å². The van der Waals surface area contributed by atoms with E-state index >= 15 is 0 Å². The van der Waals surface area contributed by atoms with Crippen LogP contribution >= 0.6 is 0 Å². The van der Waals surface area contributed by atoms with Crippen LogP contribution < -0.4 is 0 Å². The van der Waals surface area contributed by atoms with Crippen LogP contribution in [0.4, 0.5) is 0 Å². The van der Waals surface area contributed by atoms with Crippen molar-refractivity contribution in [1.29, 1.82) is 0 Å². The van der Waals surface area contributed by atoms with Gasteiger partial charge in [0.05, 0.1) is 37.6 Å². The van der Waals surface area contributed by atoms with E-state index in [0.717, 1.165) is 31.3 Å². The fourth-order valence-corrected chi connectivity index (χ4v) is 4.62. The maximum absolute atomic E-state index is 12.5. The molecule has 1 unspecified atom stereocenters. The highest BCUT2D eigenvalue weighted by atomic mass is 16.7. The van der Waals surface area contributed by atoms with Crippen molar-refractivity contribution in [2.24, 2.45) is 0 Å². The molecule has 2 N–H and O–H groups in total. The highest BCUT2D eigenvalue weighted by Crippen LogP contribution is 2.34. The number of carbonyl (C=O) groups is 1. The molecule has 4 rings (SSSR count). The predicted molar refractivity (Wildman–Crippen MR) is 124 cm³/mol. The molecule has 2 bridgehead atoms. The van der Waals surface area contributed by atoms with Crippen LogP contribution in [0, 0.1) is 0 Å². The summed E-state index contributed by atoms with van der Waals surface area (Å²) in [6, 6.07) is 0. The number of aliphatic hydroxyl groups is 2. The van der Waals surface area contributed by atoms with Crippen LogP contribution in [0.5, 0.6) is 0 Å². The van der Waals surface area contributed by atoms with Gasteiger partial charge in [0.25, 0.3) is 0 Å². The van der Waals surface area contributed by atoms with Crippen LogP contribution in [0.25, 0.3) is 0 Å². The standard InChI is InChI=1S/C26H36O8/c1-17-5-2-6-18-7-3-8-19(32-18)9-4-10-24(29)33-22(16-23-26(34-23)21(28)15-17)20(27)11-12-25-30-13-14-31-25/h3-4,8,10-12,18-23,25-28H,1-2,5-7,9,13-16H2/b10-4-,12-11+/t18-,19+,20+,21+,22?,23+,26+/m1/s1. The molecule has 7 atom stereocenters. The second kappa shape index (κ2) is 12.2. The van der Waals surface area contributed by atoms with Gasteiger partial charge in [0.1, 0.15) is 18.3 Å². The summed E-state index contributed by atoms with van der Waals surface area (Å²) in [5, 5.41) is 21.3. The van der Waals surface area contributed by atoms with Crippen LogP contribution in [0.1, 0.15) is 44.9 Å². The van der Waals surface area contributed by atoms with E-state index in [1.54, 1.807) is 12.2 Å². The first-order chi connectivity index (χ1) is 16.5. The number of hydrogen-bond donors (Lipinski definition) is 2. The number of carbonyl (C=O) groups excluding carboxylic acids is 1. The van der Waals surface area contributed by atoms with Gasteiger partial charge in [-0.1, -0.05) is 36.5 Å². The van der Waals surface area contributed by atoms with E-state index in [9.17, 15) is 15.0 Å². The first-order valence-electron chi connectivity index (χ1n) is 12.3. The lowest BCUT2D eigenvalue weighted by atomic mass is 9.97. The van der Waals surface area contributed by atoms with Gasteiger partial charge >= 0.3 is 5.97 Å². The molecule has 0 aromatic rings. The quantitative estimate of drug-likeness (QED) is 0.364. The van der Waals surface area contributed by atoms with Gasteiger partial charge in [-0.3, -0.25) is 0 Å². The minimum atomic E-state index is -1.07. The molecule has 2 saturated heterocycles. The monoisotopic (exact) mass is 476 g/mol. The van der Waals surface area contributed by atoms with E-state index in [4.69, 9.17) is 23.7 Å². The van der Waals surface area contributed by atoms with Crippen LogP contribution in [-0.4, -0.2) is 78.4 Å². The molecular formula is C26H36O8. The molecule has 2 fully saturated rings. The number of cyclic esters (lactones) is 1. The molecule has 0 amide bonds. The second-order valence-corrected chi connectivity index (χ2v) is 9.35. The first-order valence-corrected chi connectivity index (χ1v) is 12.3. The molecule has 0 aliphatic carbocycles. The Bertz CT molecular complexity index is 784. The summed E-state index contributed by atoms with van der Waals surface area (Å²) in [5.41, 5.74) is 0.983. The van der Waals surface area contributed by atoms with Gasteiger partial charge in [0.2, 0.25) is 0 Å². The van der Waals surface area contributed by atoms with Crippen molar-refractivity contribution >= 4 is 5.97 Å². The second-order valence-electron chi connectivity index (χ2n) is 9.35. The first kappa shape index (κ1) is 25.3. The van der Waals surface area contributed by atoms with Crippen molar-refractivity contribution in [1.82, 2.24) is 0 Å². The molecular weight excluding hydrogens is 440 g/mol. The molecule has 8 heteroatoms. The third-order valence-corrected chi connectivity index (χ3v) is 6.52. The zero-order valence-electron chi connectivity index (χ0n) is 19.5. The van der Waals surface area contributed by atoms with Gasteiger partial charge in [-0.15, -0.1) is 0 Å². The normalized spacial score (nSPS) is 38.1. The number of aliphatic hydroxyl groups excluding tert-OH is 2. The third-order valence-electron chi connectivity index (χ3n) is 6.52. The number of epoxide rings is 1. The molecule has 188 valence electrons. The summed E-state index contributed by atoms with van der Waals surface area (Å²) in [5.74, 6) is -0.547. The van der Waals surface area contributed by atoms with Gasteiger partial charge in [-0.2, -0.15) is 0 Å². The summed E-state index contributed by atoms with van der Waals surface area (Å²) in [6.07, 6.45) is 11.5. The lowest BCUT2D eigenvalue weighted by molar-refractivity contribution is -0.148. The Hall–Kier alpha value is -1.81. The number of ether oxygens (including phenoxy) is 5. The third kappa shape index (κ3) is 7.60. The summed E-state index contributed by atoms with van der Waals surface area (Å²) >= 11 is 0. The molecule has 8 nitrogen and oxygen atoms in total. The predicted octanol–water partition coefficient (Wildman–Crippen LogP) is 2.50. The summed E-state index contributed by atoms with van der Waals surface area (Å²) in [6.45, 7) is 5.11. The molecule has 0 aromatic heterocycles. The SMILES string of the molecule is C=C1CCC[C@@H]2CC=C[C@@H](C/C=C\C(=O)OC([C@@H](O)/C=C/C3OCCO3)C[C@@H]3O[C@H]3[C@@H](O)C1)O2. The molecule has 0 spiro atoms. The van der Waals surface area contributed by atoms with Crippen LogP contribution in [-0.2, 0) is 28.5 Å². The van der Waals surface area contributed by atoms with Gasteiger partial charge < -0.3 is 33.9 Å². The molecule has 34 heavy (non-hydrogen) atoms. The van der Waals surface area contributed by atoms with Gasteiger partial charge in [-0.05, 0) is 44.6 Å². The summed E-state index contributed by atoms with van der Waals surface area (Å²) < 4.78 is 28.1. The Morgan fingerprint density at radius 3 is 2.79 bits per heavy atom. The Kier molecular flexibility index (Phi) is 9.10. The Morgan fingerprint density at radius 2 is 1.97 bits per heavy atom. The molecule has 0 radical (unpaired) electrons. The van der Waals surface area contributed by atoms with Crippen molar-refractivity contribution in [2.45, 2.75) is 94.0 Å². The van der Waals surface area contributed by atoms with Crippen molar-refractivity contribution in [3.05, 3.63) is 48.6 Å². The summed E-state index contributed by atoms with van der Waals surface area (Å²) in [7, 11) is 0. The van der Waals surface area contributed by atoms with Gasteiger partial charge in [0.15, 0.2) is 6.29 Å². The maximum atomic E-state index is 12.5. The molecule has 4 heterocycles. The van der Waals surface area contributed by atoms with Crippen LogP contribution in [0.2, 0.25) is 0 Å². The maximum Gasteiger partial charge on any atom is 0.330 e. The van der Waals surface area contributed by atoms with E-state index in [1.807, 2.05) is 6.08 Å². The molecule has 4 aliphatic rings. The molecule has 0 saturated carbocycles. The van der Waals surface area contributed by atoms with E-state index in [1.165, 1.54) is 12.2 Å². The van der Waals surface area contributed by atoms with Crippen molar-refractivity contribution < 1.29 is 38.7 Å². The highest BCUT2D eigenvalue weighted by molar-refractivity contribution is 5.82. The zero-order chi connectivity index (χ0) is 23.9. The van der Waals surface area contributed by atoms with Crippen molar-refractivity contribution in [3.63, 3.8) is 0 Å². The van der Waals surface area contributed by atoms with E-state index < -0.39 is 30.6 Å². The number of rotatable bonds is 3. The average Bonchev–Trinajstić information content (AvgIpc) is 3.38. The largest absolute Gasteiger partial charge is 0.456 e. The van der Waals surface area contributed by atoms with Crippen molar-refractivity contribution in [3.8, 4) is 0 Å². The van der Waals surface area contributed by atoms with E-state index in [0.29, 0.717) is 26.1 Å². The fraction of sp³-hybridized carbons (Fsp3) is 0.654. The molecule has 0 aromatic carbocycles. The number of hydrogen-bond acceptors (Lipinski definition) is 8. The minimum Gasteiger partial charge on any atom is -0.456 e. The van der Waals surface area contributed by atoms with Crippen molar-refractivity contribution in [2.75, 3.05) is 13.2 Å². The lowest BCUT2D eigenvalue weighted by Crippen LogP contribution is -2.32. The summed E-state index contributed by atoms with van der Waals surface area (Å²) in [4.78, 5) is 12.5. The topological polar surface area (TPSA) is 107 Å². The lowest BCUT2D eigenvalue weighted by Gasteiger charge is -2.25. The van der Waals surface area contributed by atoms with E-state index in [-0.39, 0.29) is 30.8 Å². The number of fused-ring (bicyclic) bond motifs is 3. The smallest absolute Gasteiger partial charge is 0.330 e. The highest BCUT2D eigenvalue weighted by Gasteiger charge is 2.46. The van der Waals surface area contributed by atoms with Crippen LogP contribution in [0.15, 0.2) is 48.6 Å². The Labute approximate surface area is 200 Å². The molecule has 4 aliphatic heterocycles. The fourth-order valence-electron chi connectivity index (χ4n) is 4.62. The zero-order valence-corrected chi connectivity index (χ0v) is 19.5. The minimum absolute atomic E-state index is 0.0805. The Morgan fingerprint density at radius 1 is 1.15 bits per heavy atom. The Balaban J connectivity index is 1.42. The number of esters is 1. The van der Waals surface area contributed by atoms with Gasteiger partial charge in [-0.25, -0.2) is 4.79 Å². The van der Waals surface area contributed by atoms with Gasteiger partial charge in [0, 0.05) is 12.5 Å².